The normalized spacial score (nSPS) is 20.9. The van der Waals surface area contributed by atoms with Crippen molar-refractivity contribution in [3.63, 3.8) is 0 Å². The lowest BCUT2D eigenvalue weighted by atomic mass is 9.93. The van der Waals surface area contributed by atoms with Gasteiger partial charge in [0, 0.05) is 23.2 Å². The molecule has 2 aromatic rings. The van der Waals surface area contributed by atoms with Crippen LogP contribution in [0.25, 0.3) is 0 Å². The standard InChI is InChI=1S/C20H22N2O3/c1-3-24-17-10-9-14(13-18(17)25-4-2)20(23)16-8-6-5-7-15(16)19-21-11-12-22(19)20/h5-10,13,23H,3-4,11-12H2,1-2H3. The first-order valence-electron chi connectivity index (χ1n) is 8.74. The number of rotatable bonds is 5. The predicted octanol–water partition coefficient (Wildman–Crippen LogP) is 2.75. The van der Waals surface area contributed by atoms with Crippen LogP contribution in [0.15, 0.2) is 47.5 Å². The van der Waals surface area contributed by atoms with E-state index in [4.69, 9.17) is 9.47 Å². The van der Waals surface area contributed by atoms with Crippen LogP contribution >= 0.6 is 0 Å². The fraction of sp³-hybridized carbons (Fsp3) is 0.350. The van der Waals surface area contributed by atoms with Crippen molar-refractivity contribution in [1.82, 2.24) is 4.90 Å². The maximum atomic E-state index is 11.7. The number of benzene rings is 2. The number of aliphatic imine (C=N–C) groups is 1. The molecule has 0 aromatic heterocycles. The molecular weight excluding hydrogens is 316 g/mol. The molecule has 0 spiro atoms. The molecule has 1 atom stereocenters. The van der Waals surface area contributed by atoms with E-state index in [2.05, 4.69) is 4.99 Å². The Morgan fingerprint density at radius 3 is 2.64 bits per heavy atom. The molecule has 0 radical (unpaired) electrons. The van der Waals surface area contributed by atoms with Crippen LogP contribution in [0.5, 0.6) is 11.5 Å². The Morgan fingerprint density at radius 2 is 1.84 bits per heavy atom. The molecule has 4 rings (SSSR count). The number of ether oxygens (including phenoxy) is 2. The van der Waals surface area contributed by atoms with Crippen molar-refractivity contribution in [3.05, 3.63) is 59.2 Å². The van der Waals surface area contributed by atoms with Gasteiger partial charge in [0.1, 0.15) is 5.84 Å². The molecule has 2 aliphatic rings. The van der Waals surface area contributed by atoms with Gasteiger partial charge in [-0.1, -0.05) is 24.3 Å². The van der Waals surface area contributed by atoms with E-state index in [-0.39, 0.29) is 0 Å². The minimum absolute atomic E-state index is 0.537. The molecule has 2 heterocycles. The molecule has 0 saturated heterocycles. The number of hydrogen-bond donors (Lipinski definition) is 1. The second-order valence-electron chi connectivity index (χ2n) is 6.10. The average Bonchev–Trinajstić information content (AvgIpc) is 3.20. The lowest BCUT2D eigenvalue weighted by molar-refractivity contribution is -0.0244. The monoisotopic (exact) mass is 338 g/mol. The molecule has 130 valence electrons. The smallest absolute Gasteiger partial charge is 0.193 e. The highest BCUT2D eigenvalue weighted by molar-refractivity contribution is 6.05. The summed E-state index contributed by atoms with van der Waals surface area (Å²) in [6, 6.07) is 13.6. The van der Waals surface area contributed by atoms with Gasteiger partial charge < -0.3 is 19.5 Å². The molecule has 0 aliphatic carbocycles. The van der Waals surface area contributed by atoms with Crippen molar-refractivity contribution in [2.75, 3.05) is 26.3 Å². The molecule has 2 aromatic carbocycles. The minimum Gasteiger partial charge on any atom is -0.490 e. The second-order valence-corrected chi connectivity index (χ2v) is 6.10. The van der Waals surface area contributed by atoms with E-state index >= 15 is 0 Å². The van der Waals surface area contributed by atoms with E-state index < -0.39 is 5.72 Å². The first kappa shape index (κ1) is 16.0. The summed E-state index contributed by atoms with van der Waals surface area (Å²) in [6.07, 6.45) is 0. The minimum atomic E-state index is -1.23. The number of fused-ring (bicyclic) bond motifs is 3. The maximum Gasteiger partial charge on any atom is 0.193 e. The zero-order valence-corrected chi connectivity index (χ0v) is 14.5. The van der Waals surface area contributed by atoms with Gasteiger partial charge in [-0.05, 0) is 32.0 Å². The van der Waals surface area contributed by atoms with Gasteiger partial charge in [0.2, 0.25) is 0 Å². The molecule has 0 fully saturated rings. The van der Waals surface area contributed by atoms with E-state index in [9.17, 15) is 5.11 Å². The van der Waals surface area contributed by atoms with Crippen LogP contribution in [0.1, 0.15) is 30.5 Å². The summed E-state index contributed by atoms with van der Waals surface area (Å²) in [5.41, 5.74) is 1.39. The molecule has 0 saturated carbocycles. The summed E-state index contributed by atoms with van der Waals surface area (Å²) >= 11 is 0. The fourth-order valence-electron chi connectivity index (χ4n) is 3.70. The van der Waals surface area contributed by atoms with Crippen LogP contribution < -0.4 is 9.47 Å². The molecule has 0 amide bonds. The third-order valence-electron chi connectivity index (χ3n) is 4.72. The number of aliphatic hydroxyl groups is 1. The summed E-state index contributed by atoms with van der Waals surface area (Å²) < 4.78 is 11.4. The Kier molecular flexibility index (Phi) is 3.88. The second kappa shape index (κ2) is 6.08. The van der Waals surface area contributed by atoms with Gasteiger partial charge in [-0.25, -0.2) is 0 Å². The highest BCUT2D eigenvalue weighted by atomic mass is 16.5. The van der Waals surface area contributed by atoms with Crippen molar-refractivity contribution < 1.29 is 14.6 Å². The Hall–Kier alpha value is -2.53. The molecule has 2 aliphatic heterocycles. The largest absolute Gasteiger partial charge is 0.490 e. The summed E-state index contributed by atoms with van der Waals surface area (Å²) in [5, 5.41) is 11.7. The van der Waals surface area contributed by atoms with Gasteiger partial charge in [0.15, 0.2) is 17.2 Å². The molecule has 25 heavy (non-hydrogen) atoms. The lowest BCUT2D eigenvalue weighted by Crippen LogP contribution is -2.43. The fourth-order valence-corrected chi connectivity index (χ4v) is 3.70. The van der Waals surface area contributed by atoms with Crippen molar-refractivity contribution in [1.29, 1.82) is 0 Å². The zero-order chi connectivity index (χ0) is 17.4. The van der Waals surface area contributed by atoms with E-state index in [1.165, 1.54) is 0 Å². The van der Waals surface area contributed by atoms with Crippen molar-refractivity contribution in [2.24, 2.45) is 4.99 Å². The summed E-state index contributed by atoms with van der Waals surface area (Å²) in [6.45, 7) is 6.37. The first-order chi connectivity index (χ1) is 12.2. The highest BCUT2D eigenvalue weighted by Crippen LogP contribution is 2.45. The van der Waals surface area contributed by atoms with Crippen molar-refractivity contribution in [2.45, 2.75) is 19.6 Å². The Bertz CT molecular complexity index is 833. The Balaban J connectivity index is 1.86. The number of amidine groups is 1. The maximum absolute atomic E-state index is 11.7. The SMILES string of the molecule is CCOc1ccc(C2(O)c3ccccc3C3=NCCN32)cc1OCC. The summed E-state index contributed by atoms with van der Waals surface area (Å²) in [4.78, 5) is 6.57. The number of nitrogens with zero attached hydrogens (tertiary/aromatic N) is 2. The third-order valence-corrected chi connectivity index (χ3v) is 4.72. The molecule has 5 nitrogen and oxygen atoms in total. The van der Waals surface area contributed by atoms with Gasteiger partial charge in [-0.15, -0.1) is 0 Å². The van der Waals surface area contributed by atoms with E-state index in [1.807, 2.05) is 61.2 Å². The van der Waals surface area contributed by atoms with E-state index in [1.54, 1.807) is 0 Å². The van der Waals surface area contributed by atoms with Gasteiger partial charge in [0.25, 0.3) is 0 Å². The number of hydrogen-bond acceptors (Lipinski definition) is 5. The van der Waals surface area contributed by atoms with Crippen LogP contribution in [-0.4, -0.2) is 42.1 Å². The van der Waals surface area contributed by atoms with Gasteiger partial charge in [0.05, 0.1) is 19.8 Å². The Labute approximate surface area is 147 Å². The molecule has 0 bridgehead atoms. The van der Waals surface area contributed by atoms with Crippen LogP contribution in [-0.2, 0) is 5.72 Å². The first-order valence-corrected chi connectivity index (χ1v) is 8.74. The highest BCUT2D eigenvalue weighted by Gasteiger charge is 2.49. The quantitative estimate of drug-likeness (QED) is 0.911. The zero-order valence-electron chi connectivity index (χ0n) is 14.5. The average molecular weight is 338 g/mol. The van der Waals surface area contributed by atoms with Crippen LogP contribution in [0.2, 0.25) is 0 Å². The Morgan fingerprint density at radius 1 is 1.08 bits per heavy atom. The van der Waals surface area contributed by atoms with Gasteiger partial charge >= 0.3 is 0 Å². The lowest BCUT2D eigenvalue weighted by Gasteiger charge is -2.34. The van der Waals surface area contributed by atoms with Gasteiger partial charge in [-0.2, -0.15) is 0 Å². The summed E-state index contributed by atoms with van der Waals surface area (Å²) in [5.74, 6) is 2.21. The topological polar surface area (TPSA) is 54.3 Å². The van der Waals surface area contributed by atoms with Crippen LogP contribution in [0.3, 0.4) is 0 Å². The summed E-state index contributed by atoms with van der Waals surface area (Å²) in [7, 11) is 0. The molecule has 5 heteroatoms. The molecule has 1 N–H and O–H groups in total. The van der Waals surface area contributed by atoms with E-state index in [0.717, 1.165) is 22.5 Å². The van der Waals surface area contributed by atoms with Crippen molar-refractivity contribution >= 4 is 5.84 Å². The molecule has 1 unspecified atom stereocenters. The van der Waals surface area contributed by atoms with Crippen molar-refractivity contribution in [3.8, 4) is 11.5 Å². The van der Waals surface area contributed by atoms with Crippen LogP contribution in [0.4, 0.5) is 0 Å². The molecular formula is C20H22N2O3. The van der Waals surface area contributed by atoms with E-state index in [0.29, 0.717) is 37.8 Å². The predicted molar refractivity (Wildman–Crippen MR) is 96.3 cm³/mol. The van der Waals surface area contributed by atoms with Crippen LogP contribution in [0, 0.1) is 0 Å². The van der Waals surface area contributed by atoms with Gasteiger partial charge in [-0.3, -0.25) is 4.99 Å². The third kappa shape index (κ3) is 2.30.